The maximum absolute atomic E-state index is 17.3. The number of hydrogen-bond donors (Lipinski definition) is 2. The highest BCUT2D eigenvalue weighted by Crippen LogP contribution is 2.45. The van der Waals surface area contributed by atoms with E-state index in [2.05, 4.69) is 14.9 Å². The van der Waals surface area contributed by atoms with Crippen molar-refractivity contribution in [1.29, 1.82) is 0 Å². The second-order valence-electron chi connectivity index (χ2n) is 13.6. The molecule has 3 N–H and O–H groups in total. The standard InChI is InChI=1S/C36H38F2N8O4/c1-4-45-26(48)9-8-21-13-23(47)14-25(31(21)45)29-28(38)30-27-33(43-35(42-30)50-18-36-10-6-12-44(36)16-22(37)15-36)46(19(2)17-49-34(27)41-29)20(3)24-7-5-11-40-32(24)39/h5,7-9,11,13-14,19-20,22,47H,4,6,10,12,15-18H2,1-3H3,(H2,39,40)/t19-,20+,22+,36-/m0/s1. The summed E-state index contributed by atoms with van der Waals surface area (Å²) in [5.41, 5.74) is 6.66. The molecule has 0 spiro atoms. The van der Waals surface area contributed by atoms with E-state index in [0.29, 0.717) is 42.0 Å². The van der Waals surface area contributed by atoms with Crippen molar-refractivity contribution >= 4 is 33.4 Å². The first-order chi connectivity index (χ1) is 24.1. The molecule has 3 aliphatic heterocycles. The van der Waals surface area contributed by atoms with Crippen molar-refractivity contribution in [3.63, 3.8) is 0 Å². The highest BCUT2D eigenvalue weighted by atomic mass is 19.1. The van der Waals surface area contributed by atoms with Crippen LogP contribution in [0.15, 0.2) is 47.4 Å². The monoisotopic (exact) mass is 684 g/mol. The summed E-state index contributed by atoms with van der Waals surface area (Å²) in [6.45, 7) is 7.47. The number of fused-ring (bicyclic) bond motifs is 2. The van der Waals surface area contributed by atoms with Crippen LogP contribution >= 0.6 is 0 Å². The molecule has 0 radical (unpaired) electrons. The summed E-state index contributed by atoms with van der Waals surface area (Å²) in [5, 5.41) is 11.5. The largest absolute Gasteiger partial charge is 0.508 e. The minimum atomic E-state index is -0.952. The second-order valence-corrected chi connectivity index (χ2v) is 13.6. The van der Waals surface area contributed by atoms with E-state index in [1.165, 1.54) is 22.8 Å². The summed E-state index contributed by atoms with van der Waals surface area (Å²) in [7, 11) is 0. The minimum absolute atomic E-state index is 0.0743. The summed E-state index contributed by atoms with van der Waals surface area (Å²) in [6.07, 6.45) is 2.72. The Balaban J connectivity index is 1.36. The van der Waals surface area contributed by atoms with Gasteiger partial charge in [-0.05, 0) is 64.4 Å². The maximum atomic E-state index is 17.3. The number of nitrogen functional groups attached to an aromatic ring is 1. The molecule has 0 unspecified atom stereocenters. The predicted octanol–water partition coefficient (Wildman–Crippen LogP) is 5.15. The fourth-order valence-corrected chi connectivity index (χ4v) is 8.20. The van der Waals surface area contributed by atoms with Crippen LogP contribution < -0.4 is 25.7 Å². The lowest BCUT2D eigenvalue weighted by molar-refractivity contribution is 0.107. The molecule has 0 bridgehead atoms. The van der Waals surface area contributed by atoms with Gasteiger partial charge in [0.15, 0.2) is 5.82 Å². The summed E-state index contributed by atoms with van der Waals surface area (Å²) in [6, 6.07) is 8.81. The molecule has 5 aromatic rings. The SMILES string of the molecule is CCn1c(=O)ccc2cc(O)cc(-c3nc4c5c(nc(OC[C@@]67CCCN6C[C@H](F)C7)nc5c3F)N([C@H](C)c3cccnc3N)[C@@H](C)CO4)c21. The Bertz CT molecular complexity index is 2220. The molecule has 14 heteroatoms. The Morgan fingerprint density at radius 1 is 1.22 bits per heavy atom. The number of phenolic OH excluding ortho intramolecular Hbond substituents is 1. The zero-order valence-electron chi connectivity index (χ0n) is 28.1. The topological polar surface area (TPSA) is 145 Å². The molecule has 3 aliphatic rings. The summed E-state index contributed by atoms with van der Waals surface area (Å²) >= 11 is 0. The number of aryl methyl sites for hydroxylation is 1. The van der Waals surface area contributed by atoms with Gasteiger partial charge in [0.2, 0.25) is 5.88 Å². The Kier molecular flexibility index (Phi) is 7.73. The maximum Gasteiger partial charge on any atom is 0.319 e. The van der Waals surface area contributed by atoms with E-state index in [0.717, 1.165) is 24.9 Å². The minimum Gasteiger partial charge on any atom is -0.508 e. The number of aromatic nitrogens is 5. The van der Waals surface area contributed by atoms with Gasteiger partial charge in [-0.15, -0.1) is 0 Å². The Labute approximate surface area is 286 Å². The number of aromatic hydroxyl groups is 1. The Hall–Kier alpha value is -5.11. The lowest BCUT2D eigenvalue weighted by Gasteiger charge is -2.35. The van der Waals surface area contributed by atoms with Gasteiger partial charge in [0.1, 0.15) is 53.4 Å². The van der Waals surface area contributed by atoms with E-state index < -0.39 is 17.5 Å². The van der Waals surface area contributed by atoms with Gasteiger partial charge >= 0.3 is 6.01 Å². The molecule has 0 saturated carbocycles. The number of nitrogens with two attached hydrogens (primary N) is 1. The van der Waals surface area contributed by atoms with Gasteiger partial charge in [0, 0.05) is 48.3 Å². The third kappa shape index (κ3) is 5.07. The van der Waals surface area contributed by atoms with E-state index in [1.807, 2.05) is 31.7 Å². The molecule has 7 heterocycles. The molecule has 2 saturated heterocycles. The number of benzene rings is 1. The summed E-state index contributed by atoms with van der Waals surface area (Å²) < 4.78 is 46.0. The van der Waals surface area contributed by atoms with Gasteiger partial charge in [-0.1, -0.05) is 6.07 Å². The number of nitrogens with zero attached hydrogens (tertiary/aromatic N) is 7. The second kappa shape index (κ2) is 12.0. The number of anilines is 2. The number of ether oxygens (including phenoxy) is 2. The van der Waals surface area contributed by atoms with Crippen LogP contribution in [0.25, 0.3) is 33.1 Å². The highest BCUT2D eigenvalue weighted by molar-refractivity contribution is 6.01. The van der Waals surface area contributed by atoms with Crippen molar-refractivity contribution in [1.82, 2.24) is 29.4 Å². The Morgan fingerprint density at radius 2 is 2.06 bits per heavy atom. The summed E-state index contributed by atoms with van der Waals surface area (Å²) in [5.74, 6) is -0.159. The number of alkyl halides is 1. The van der Waals surface area contributed by atoms with Gasteiger partial charge in [-0.3, -0.25) is 9.69 Å². The molecule has 260 valence electrons. The van der Waals surface area contributed by atoms with Crippen molar-refractivity contribution in [3.8, 4) is 28.9 Å². The van der Waals surface area contributed by atoms with Crippen LogP contribution in [0, 0.1) is 5.82 Å². The quantitative estimate of drug-likeness (QED) is 0.235. The normalized spacial score (nSPS) is 22.5. The zero-order chi connectivity index (χ0) is 34.9. The van der Waals surface area contributed by atoms with Gasteiger partial charge < -0.3 is 29.8 Å². The molecule has 0 aliphatic carbocycles. The van der Waals surface area contributed by atoms with Crippen LogP contribution in [0.3, 0.4) is 0 Å². The van der Waals surface area contributed by atoms with E-state index in [4.69, 9.17) is 25.2 Å². The summed E-state index contributed by atoms with van der Waals surface area (Å²) in [4.78, 5) is 35.6. The van der Waals surface area contributed by atoms with Crippen LogP contribution in [0.5, 0.6) is 17.6 Å². The van der Waals surface area contributed by atoms with Crippen molar-refractivity contribution in [2.24, 2.45) is 0 Å². The Morgan fingerprint density at radius 3 is 2.86 bits per heavy atom. The molecular weight excluding hydrogens is 646 g/mol. The fourth-order valence-electron chi connectivity index (χ4n) is 8.20. The number of halogens is 2. The first-order valence-electron chi connectivity index (χ1n) is 17.0. The number of phenols is 1. The molecule has 2 fully saturated rings. The van der Waals surface area contributed by atoms with Crippen molar-refractivity contribution in [3.05, 3.63) is 64.3 Å². The lowest BCUT2D eigenvalue weighted by Crippen LogP contribution is -2.43. The molecule has 4 aromatic heterocycles. The molecular formula is C36H38F2N8O4. The van der Waals surface area contributed by atoms with Gasteiger partial charge in [-0.2, -0.15) is 9.97 Å². The van der Waals surface area contributed by atoms with Gasteiger partial charge in [0.05, 0.1) is 23.1 Å². The zero-order valence-corrected chi connectivity index (χ0v) is 28.1. The van der Waals surface area contributed by atoms with Crippen LogP contribution in [0.4, 0.5) is 20.4 Å². The number of rotatable bonds is 7. The van der Waals surface area contributed by atoms with Crippen molar-refractivity contribution < 1.29 is 23.4 Å². The first-order valence-corrected chi connectivity index (χ1v) is 17.0. The van der Waals surface area contributed by atoms with E-state index in [-0.39, 0.29) is 70.7 Å². The third-order valence-electron chi connectivity index (χ3n) is 10.5. The molecule has 8 rings (SSSR count). The average molecular weight is 685 g/mol. The fraction of sp³-hybridized carbons (Fsp3) is 0.417. The molecule has 50 heavy (non-hydrogen) atoms. The van der Waals surface area contributed by atoms with Crippen molar-refractivity contribution in [2.75, 3.05) is 36.9 Å². The van der Waals surface area contributed by atoms with E-state index in [9.17, 15) is 14.3 Å². The highest BCUT2D eigenvalue weighted by Gasteiger charge is 2.49. The average Bonchev–Trinajstić information content (AvgIpc) is 3.58. The van der Waals surface area contributed by atoms with Crippen LogP contribution in [-0.2, 0) is 6.54 Å². The molecule has 4 atom stereocenters. The van der Waals surface area contributed by atoms with Gasteiger partial charge in [-0.25, -0.2) is 18.7 Å². The van der Waals surface area contributed by atoms with Crippen molar-refractivity contribution in [2.45, 2.75) is 70.4 Å². The number of hydrogen-bond acceptors (Lipinski definition) is 11. The van der Waals surface area contributed by atoms with E-state index >= 15 is 4.39 Å². The third-order valence-corrected chi connectivity index (χ3v) is 10.5. The lowest BCUT2D eigenvalue weighted by atomic mass is 9.95. The molecule has 0 amide bonds. The molecule has 12 nitrogen and oxygen atoms in total. The first kappa shape index (κ1) is 32.1. The van der Waals surface area contributed by atoms with Gasteiger partial charge in [0.25, 0.3) is 5.56 Å². The van der Waals surface area contributed by atoms with Crippen LogP contribution in [0.1, 0.15) is 51.6 Å². The molecule has 1 aromatic carbocycles. The van der Waals surface area contributed by atoms with Crippen LogP contribution in [0.2, 0.25) is 0 Å². The van der Waals surface area contributed by atoms with Crippen LogP contribution in [-0.4, -0.2) is 78.6 Å². The smallest absolute Gasteiger partial charge is 0.319 e. The van der Waals surface area contributed by atoms with E-state index in [1.54, 1.807) is 18.3 Å². The predicted molar refractivity (Wildman–Crippen MR) is 185 cm³/mol. The number of pyridine rings is 3.